The van der Waals surface area contributed by atoms with Gasteiger partial charge in [-0.2, -0.15) is 0 Å². The summed E-state index contributed by atoms with van der Waals surface area (Å²) < 4.78 is 10.8. The standard InChI is InChI=1S/C20H26N2O3/c1-24-19-8-5-9-20(14-19)25-16-18(23)15-21-10-12-22(13-11-21)17-6-3-2-4-7-17/h2-9,14,18,23H,10-13,15-16H2,1H3/t18-/m1/s1. The van der Waals surface area contributed by atoms with Gasteiger partial charge in [0.05, 0.1) is 7.11 Å². The molecule has 3 rings (SSSR count). The van der Waals surface area contributed by atoms with Gasteiger partial charge in [-0.05, 0) is 24.3 Å². The molecular weight excluding hydrogens is 316 g/mol. The molecule has 0 amide bonds. The predicted octanol–water partition coefficient (Wildman–Crippen LogP) is 2.26. The number of anilines is 1. The summed E-state index contributed by atoms with van der Waals surface area (Å²) in [6.45, 7) is 4.77. The number of nitrogens with zero attached hydrogens (tertiary/aromatic N) is 2. The Morgan fingerprint density at radius 3 is 2.40 bits per heavy atom. The number of hydrogen-bond acceptors (Lipinski definition) is 5. The number of para-hydroxylation sites is 1. The van der Waals surface area contributed by atoms with Gasteiger partial charge < -0.3 is 19.5 Å². The minimum absolute atomic E-state index is 0.284. The normalized spacial score (nSPS) is 16.5. The first-order valence-corrected chi connectivity index (χ1v) is 8.72. The molecule has 0 bridgehead atoms. The van der Waals surface area contributed by atoms with Crippen molar-refractivity contribution in [2.75, 3.05) is 51.3 Å². The maximum absolute atomic E-state index is 10.3. The van der Waals surface area contributed by atoms with Crippen molar-refractivity contribution >= 4 is 5.69 Å². The van der Waals surface area contributed by atoms with E-state index in [1.807, 2.05) is 30.3 Å². The van der Waals surface area contributed by atoms with Gasteiger partial charge in [0.1, 0.15) is 24.2 Å². The zero-order chi connectivity index (χ0) is 17.5. The monoisotopic (exact) mass is 342 g/mol. The highest BCUT2D eigenvalue weighted by molar-refractivity contribution is 5.46. The van der Waals surface area contributed by atoms with Gasteiger partial charge >= 0.3 is 0 Å². The molecule has 1 saturated heterocycles. The lowest BCUT2D eigenvalue weighted by Crippen LogP contribution is -2.49. The molecule has 0 aromatic heterocycles. The van der Waals surface area contributed by atoms with E-state index >= 15 is 0 Å². The molecule has 2 aromatic rings. The van der Waals surface area contributed by atoms with Crippen molar-refractivity contribution in [2.45, 2.75) is 6.10 Å². The molecule has 1 aliphatic heterocycles. The Bertz CT molecular complexity index is 642. The summed E-state index contributed by atoms with van der Waals surface area (Å²) in [4.78, 5) is 4.68. The van der Waals surface area contributed by atoms with E-state index in [9.17, 15) is 5.11 Å². The summed E-state index contributed by atoms with van der Waals surface area (Å²) in [7, 11) is 1.63. The topological polar surface area (TPSA) is 45.2 Å². The second-order valence-electron chi connectivity index (χ2n) is 6.27. The van der Waals surface area contributed by atoms with Gasteiger partial charge in [0, 0.05) is 44.5 Å². The van der Waals surface area contributed by atoms with Crippen LogP contribution in [0, 0.1) is 0 Å². The third-order valence-electron chi connectivity index (χ3n) is 4.45. The fourth-order valence-electron chi connectivity index (χ4n) is 3.06. The smallest absolute Gasteiger partial charge is 0.123 e. The largest absolute Gasteiger partial charge is 0.497 e. The first kappa shape index (κ1) is 17.6. The van der Waals surface area contributed by atoms with Gasteiger partial charge in [0.2, 0.25) is 0 Å². The number of aliphatic hydroxyl groups excluding tert-OH is 1. The molecule has 1 fully saturated rings. The molecule has 5 heteroatoms. The molecule has 25 heavy (non-hydrogen) atoms. The molecule has 1 aliphatic rings. The van der Waals surface area contributed by atoms with Crippen LogP contribution in [-0.4, -0.2) is 62.6 Å². The van der Waals surface area contributed by atoms with Gasteiger partial charge in [-0.25, -0.2) is 0 Å². The molecule has 134 valence electrons. The Morgan fingerprint density at radius 2 is 1.68 bits per heavy atom. The molecule has 1 N–H and O–H groups in total. The fourth-order valence-corrected chi connectivity index (χ4v) is 3.06. The van der Waals surface area contributed by atoms with Crippen molar-refractivity contribution in [1.29, 1.82) is 0 Å². The summed E-state index contributed by atoms with van der Waals surface area (Å²) >= 11 is 0. The van der Waals surface area contributed by atoms with Gasteiger partial charge in [-0.15, -0.1) is 0 Å². The van der Waals surface area contributed by atoms with Crippen LogP contribution in [0.3, 0.4) is 0 Å². The second kappa shape index (κ2) is 8.74. The quantitative estimate of drug-likeness (QED) is 0.836. The number of methoxy groups -OCH3 is 1. The number of benzene rings is 2. The van der Waals surface area contributed by atoms with E-state index in [1.54, 1.807) is 7.11 Å². The number of ether oxygens (including phenoxy) is 2. The Morgan fingerprint density at radius 1 is 0.960 bits per heavy atom. The SMILES string of the molecule is COc1cccc(OC[C@H](O)CN2CCN(c3ccccc3)CC2)c1. The maximum Gasteiger partial charge on any atom is 0.123 e. The first-order valence-electron chi connectivity index (χ1n) is 8.72. The summed E-state index contributed by atoms with van der Waals surface area (Å²) in [6, 6.07) is 17.9. The third-order valence-corrected chi connectivity index (χ3v) is 4.45. The zero-order valence-electron chi connectivity index (χ0n) is 14.7. The molecule has 0 unspecified atom stereocenters. The summed E-state index contributed by atoms with van der Waals surface area (Å²) in [6.07, 6.45) is -0.505. The summed E-state index contributed by atoms with van der Waals surface area (Å²) in [5, 5.41) is 10.3. The highest BCUT2D eigenvalue weighted by Crippen LogP contribution is 2.19. The lowest BCUT2D eigenvalue weighted by Gasteiger charge is -2.36. The number of aliphatic hydroxyl groups is 1. The average molecular weight is 342 g/mol. The number of rotatable bonds is 7. The van der Waals surface area contributed by atoms with E-state index in [-0.39, 0.29) is 6.61 Å². The molecule has 0 saturated carbocycles. The maximum atomic E-state index is 10.3. The molecular formula is C20H26N2O3. The zero-order valence-corrected chi connectivity index (χ0v) is 14.7. The van der Waals surface area contributed by atoms with E-state index in [2.05, 4.69) is 34.1 Å². The molecule has 1 atom stereocenters. The molecule has 1 heterocycles. The van der Waals surface area contributed by atoms with Crippen LogP contribution in [0.15, 0.2) is 54.6 Å². The van der Waals surface area contributed by atoms with Crippen LogP contribution in [0.4, 0.5) is 5.69 Å². The lowest BCUT2D eigenvalue weighted by atomic mass is 10.2. The fraction of sp³-hybridized carbons (Fsp3) is 0.400. The van der Waals surface area contributed by atoms with Gasteiger partial charge in [-0.3, -0.25) is 4.90 Å². The van der Waals surface area contributed by atoms with Crippen LogP contribution in [0.25, 0.3) is 0 Å². The van der Waals surface area contributed by atoms with Crippen molar-refractivity contribution < 1.29 is 14.6 Å². The first-order chi connectivity index (χ1) is 12.2. The minimum atomic E-state index is -0.505. The van der Waals surface area contributed by atoms with Gasteiger partial charge in [-0.1, -0.05) is 24.3 Å². The highest BCUT2D eigenvalue weighted by Gasteiger charge is 2.19. The van der Waals surface area contributed by atoms with Crippen LogP contribution < -0.4 is 14.4 Å². The van der Waals surface area contributed by atoms with Crippen LogP contribution in [0.5, 0.6) is 11.5 Å². The van der Waals surface area contributed by atoms with Crippen molar-refractivity contribution in [3.63, 3.8) is 0 Å². The Kier molecular flexibility index (Phi) is 6.14. The Balaban J connectivity index is 1.41. The van der Waals surface area contributed by atoms with E-state index in [1.165, 1.54) is 5.69 Å². The van der Waals surface area contributed by atoms with E-state index in [0.29, 0.717) is 12.3 Å². The molecule has 0 aliphatic carbocycles. The molecule has 2 aromatic carbocycles. The van der Waals surface area contributed by atoms with E-state index in [0.717, 1.165) is 31.9 Å². The average Bonchev–Trinajstić information content (AvgIpc) is 2.68. The predicted molar refractivity (Wildman–Crippen MR) is 99.6 cm³/mol. The third kappa shape index (κ3) is 5.11. The van der Waals surface area contributed by atoms with Crippen LogP contribution in [0.2, 0.25) is 0 Å². The number of hydrogen-bond donors (Lipinski definition) is 1. The number of piperazine rings is 1. The highest BCUT2D eigenvalue weighted by atomic mass is 16.5. The van der Waals surface area contributed by atoms with Crippen molar-refractivity contribution in [2.24, 2.45) is 0 Å². The Hall–Kier alpha value is -2.24. The van der Waals surface area contributed by atoms with Crippen molar-refractivity contribution in [3.05, 3.63) is 54.6 Å². The second-order valence-corrected chi connectivity index (χ2v) is 6.27. The van der Waals surface area contributed by atoms with Crippen molar-refractivity contribution in [1.82, 2.24) is 4.90 Å². The van der Waals surface area contributed by atoms with E-state index in [4.69, 9.17) is 9.47 Å². The lowest BCUT2D eigenvalue weighted by molar-refractivity contribution is 0.0662. The van der Waals surface area contributed by atoms with Crippen LogP contribution >= 0.6 is 0 Å². The van der Waals surface area contributed by atoms with Crippen molar-refractivity contribution in [3.8, 4) is 11.5 Å². The van der Waals surface area contributed by atoms with Gasteiger partial charge in [0.25, 0.3) is 0 Å². The molecule has 5 nitrogen and oxygen atoms in total. The van der Waals surface area contributed by atoms with E-state index < -0.39 is 6.10 Å². The van der Waals surface area contributed by atoms with Crippen LogP contribution in [-0.2, 0) is 0 Å². The summed E-state index contributed by atoms with van der Waals surface area (Å²) in [5.41, 5.74) is 1.27. The Labute approximate surface area is 149 Å². The molecule has 0 spiro atoms. The minimum Gasteiger partial charge on any atom is -0.497 e. The summed E-state index contributed by atoms with van der Waals surface area (Å²) in [5.74, 6) is 1.47. The number of β-amino-alcohol motifs (C(OH)–C–C–N with tert-alkyl or cyclic N) is 1. The molecule has 0 radical (unpaired) electrons. The van der Waals surface area contributed by atoms with Crippen LogP contribution in [0.1, 0.15) is 0 Å². The van der Waals surface area contributed by atoms with Gasteiger partial charge in [0.15, 0.2) is 0 Å².